The first-order valence-corrected chi connectivity index (χ1v) is 9.99. The molecular formula is C23H25N2O4-. The van der Waals surface area contributed by atoms with Crippen molar-refractivity contribution >= 4 is 23.5 Å². The Morgan fingerprint density at radius 2 is 1.55 bits per heavy atom. The lowest BCUT2D eigenvalue weighted by atomic mass is 9.78. The predicted molar refractivity (Wildman–Crippen MR) is 108 cm³/mol. The molecule has 29 heavy (non-hydrogen) atoms. The molecule has 1 aliphatic rings. The summed E-state index contributed by atoms with van der Waals surface area (Å²) in [7, 11) is 0. The van der Waals surface area contributed by atoms with Crippen LogP contribution in [0.15, 0.2) is 54.6 Å². The topological polar surface area (TPSA) is 98.3 Å². The minimum Gasteiger partial charge on any atom is -0.550 e. The Morgan fingerprint density at radius 1 is 0.897 bits per heavy atom. The summed E-state index contributed by atoms with van der Waals surface area (Å²) >= 11 is 0. The minimum atomic E-state index is -1.18. The van der Waals surface area contributed by atoms with Gasteiger partial charge >= 0.3 is 0 Å². The third-order valence-electron chi connectivity index (χ3n) is 5.38. The lowest BCUT2D eigenvalue weighted by Crippen LogP contribution is -2.42. The highest BCUT2D eigenvalue weighted by atomic mass is 16.4. The number of benzene rings is 2. The molecule has 0 spiro atoms. The standard InChI is InChI=1S/C23H26N2O4/c26-21(24-15-14-16-8-2-1-3-9-16)19-12-6-7-13-20(19)25-22(27)17-10-4-5-11-18(17)23(28)29/h1-3,6-9,12-13,17-18H,4-5,10-11,14-15H2,(H,24,26)(H,25,27)(H,28,29)/p-1/t17-,18-/m1/s1. The number of amides is 2. The second-order valence-electron chi connectivity index (χ2n) is 7.34. The number of carbonyl (C=O) groups excluding carboxylic acids is 3. The van der Waals surface area contributed by atoms with Crippen molar-refractivity contribution in [2.75, 3.05) is 11.9 Å². The van der Waals surface area contributed by atoms with E-state index in [4.69, 9.17) is 0 Å². The number of rotatable bonds is 7. The molecule has 0 aromatic heterocycles. The van der Waals surface area contributed by atoms with Gasteiger partial charge in [0.15, 0.2) is 0 Å². The van der Waals surface area contributed by atoms with Crippen LogP contribution >= 0.6 is 0 Å². The molecule has 6 heteroatoms. The van der Waals surface area contributed by atoms with Gasteiger partial charge in [-0.25, -0.2) is 0 Å². The summed E-state index contributed by atoms with van der Waals surface area (Å²) in [5.41, 5.74) is 1.87. The molecule has 0 unspecified atom stereocenters. The smallest absolute Gasteiger partial charge is 0.253 e. The molecule has 0 radical (unpaired) electrons. The Morgan fingerprint density at radius 3 is 2.28 bits per heavy atom. The van der Waals surface area contributed by atoms with E-state index in [-0.39, 0.29) is 11.8 Å². The minimum absolute atomic E-state index is 0.281. The molecule has 2 aromatic rings. The quantitative estimate of drug-likeness (QED) is 0.753. The van der Waals surface area contributed by atoms with E-state index in [1.54, 1.807) is 24.3 Å². The molecule has 3 rings (SSSR count). The van der Waals surface area contributed by atoms with E-state index in [2.05, 4.69) is 10.6 Å². The fourth-order valence-electron chi connectivity index (χ4n) is 3.80. The number of para-hydroxylation sites is 1. The largest absolute Gasteiger partial charge is 0.550 e. The average molecular weight is 393 g/mol. The molecule has 1 saturated carbocycles. The lowest BCUT2D eigenvalue weighted by Gasteiger charge is -2.31. The van der Waals surface area contributed by atoms with Crippen LogP contribution in [0.1, 0.15) is 41.6 Å². The summed E-state index contributed by atoms with van der Waals surface area (Å²) in [4.78, 5) is 36.7. The average Bonchev–Trinajstić information content (AvgIpc) is 2.74. The zero-order chi connectivity index (χ0) is 20.6. The van der Waals surface area contributed by atoms with Gasteiger partial charge in [-0.2, -0.15) is 0 Å². The third kappa shape index (κ3) is 5.44. The van der Waals surface area contributed by atoms with Crippen LogP contribution in [0.5, 0.6) is 0 Å². The Balaban J connectivity index is 1.64. The number of hydrogen-bond donors (Lipinski definition) is 2. The third-order valence-corrected chi connectivity index (χ3v) is 5.38. The number of carboxylic acids is 1. The van der Waals surface area contributed by atoms with Crippen molar-refractivity contribution in [3.63, 3.8) is 0 Å². The first kappa shape index (κ1) is 20.6. The molecule has 2 atom stereocenters. The number of carbonyl (C=O) groups is 3. The SMILES string of the molecule is O=C(NCCc1ccccc1)c1ccccc1NC(=O)[C@@H]1CCCC[C@H]1C(=O)[O-]. The first-order valence-electron chi connectivity index (χ1n) is 9.99. The summed E-state index contributed by atoms with van der Waals surface area (Å²) in [6.07, 6.45) is 3.25. The molecule has 0 saturated heterocycles. The van der Waals surface area contributed by atoms with Gasteiger partial charge in [0.05, 0.1) is 11.3 Å². The van der Waals surface area contributed by atoms with E-state index in [1.165, 1.54) is 0 Å². The first-order chi connectivity index (χ1) is 14.1. The van der Waals surface area contributed by atoms with Crippen LogP contribution < -0.4 is 15.7 Å². The van der Waals surface area contributed by atoms with Crippen molar-refractivity contribution in [2.45, 2.75) is 32.1 Å². The Labute approximate surface area is 170 Å². The van der Waals surface area contributed by atoms with Gasteiger partial charge in [0.25, 0.3) is 5.91 Å². The van der Waals surface area contributed by atoms with E-state index in [9.17, 15) is 19.5 Å². The van der Waals surface area contributed by atoms with Crippen LogP contribution in [0, 0.1) is 11.8 Å². The number of aliphatic carboxylic acids is 1. The maximum atomic E-state index is 12.7. The van der Waals surface area contributed by atoms with Gasteiger partial charge in [-0.05, 0) is 37.0 Å². The Bertz CT molecular complexity index is 866. The van der Waals surface area contributed by atoms with Gasteiger partial charge in [-0.15, -0.1) is 0 Å². The monoisotopic (exact) mass is 393 g/mol. The molecule has 152 valence electrons. The highest BCUT2D eigenvalue weighted by Crippen LogP contribution is 2.31. The van der Waals surface area contributed by atoms with Crippen molar-refractivity contribution in [2.24, 2.45) is 11.8 Å². The van der Waals surface area contributed by atoms with Crippen molar-refractivity contribution in [3.05, 3.63) is 65.7 Å². The van der Waals surface area contributed by atoms with Gasteiger partial charge in [0.1, 0.15) is 0 Å². The molecule has 6 nitrogen and oxygen atoms in total. The van der Waals surface area contributed by atoms with Gasteiger partial charge < -0.3 is 20.5 Å². The van der Waals surface area contributed by atoms with Crippen LogP contribution in [-0.2, 0) is 16.0 Å². The van der Waals surface area contributed by atoms with Gasteiger partial charge in [-0.3, -0.25) is 9.59 Å². The van der Waals surface area contributed by atoms with Crippen LogP contribution in [0.25, 0.3) is 0 Å². The van der Waals surface area contributed by atoms with Crippen molar-refractivity contribution in [1.29, 1.82) is 0 Å². The summed E-state index contributed by atoms with van der Waals surface area (Å²) in [5, 5.41) is 17.0. The second kappa shape index (κ2) is 9.87. The summed E-state index contributed by atoms with van der Waals surface area (Å²) in [6, 6.07) is 16.6. The van der Waals surface area contributed by atoms with E-state index in [0.29, 0.717) is 37.1 Å². The van der Waals surface area contributed by atoms with Gasteiger partial charge in [0, 0.05) is 24.3 Å². The van der Waals surface area contributed by atoms with Gasteiger partial charge in [0.2, 0.25) is 5.91 Å². The molecule has 2 N–H and O–H groups in total. The number of nitrogens with one attached hydrogen (secondary N) is 2. The summed E-state index contributed by atoms with van der Waals surface area (Å²) in [5.74, 6) is -3.25. The van der Waals surface area contributed by atoms with E-state index < -0.39 is 17.8 Å². The molecule has 1 fully saturated rings. The number of anilines is 1. The molecule has 0 aliphatic heterocycles. The summed E-state index contributed by atoms with van der Waals surface area (Å²) in [6.45, 7) is 0.473. The van der Waals surface area contributed by atoms with E-state index in [0.717, 1.165) is 18.4 Å². The molecule has 1 aliphatic carbocycles. The molecule has 2 amide bonds. The van der Waals surface area contributed by atoms with Crippen LogP contribution in [-0.4, -0.2) is 24.3 Å². The van der Waals surface area contributed by atoms with Crippen LogP contribution in [0.4, 0.5) is 5.69 Å². The zero-order valence-corrected chi connectivity index (χ0v) is 16.2. The van der Waals surface area contributed by atoms with E-state index >= 15 is 0 Å². The van der Waals surface area contributed by atoms with Crippen molar-refractivity contribution < 1.29 is 19.5 Å². The van der Waals surface area contributed by atoms with Crippen LogP contribution in [0.2, 0.25) is 0 Å². The zero-order valence-electron chi connectivity index (χ0n) is 16.2. The predicted octanol–water partition coefficient (Wildman–Crippen LogP) is 2.15. The highest BCUT2D eigenvalue weighted by Gasteiger charge is 2.32. The van der Waals surface area contributed by atoms with Crippen molar-refractivity contribution in [3.8, 4) is 0 Å². The number of carboxylic acid groups (broad SMARTS) is 1. The Hall–Kier alpha value is -3.15. The normalized spacial score (nSPS) is 18.6. The van der Waals surface area contributed by atoms with Gasteiger partial charge in [-0.1, -0.05) is 55.3 Å². The molecular weight excluding hydrogens is 368 g/mol. The van der Waals surface area contributed by atoms with E-state index in [1.807, 2.05) is 30.3 Å². The maximum Gasteiger partial charge on any atom is 0.253 e. The molecule has 0 heterocycles. The Kier molecular flexibility index (Phi) is 7.00. The molecule has 2 aromatic carbocycles. The summed E-state index contributed by atoms with van der Waals surface area (Å²) < 4.78 is 0. The highest BCUT2D eigenvalue weighted by molar-refractivity contribution is 6.04. The fraction of sp³-hybridized carbons (Fsp3) is 0.348. The number of hydrogen-bond acceptors (Lipinski definition) is 4. The maximum absolute atomic E-state index is 12.7. The second-order valence-corrected chi connectivity index (χ2v) is 7.34. The molecule has 0 bridgehead atoms. The van der Waals surface area contributed by atoms with Crippen molar-refractivity contribution in [1.82, 2.24) is 5.32 Å². The van der Waals surface area contributed by atoms with Crippen LogP contribution in [0.3, 0.4) is 0 Å². The lowest BCUT2D eigenvalue weighted by molar-refractivity contribution is -0.313. The fourth-order valence-corrected chi connectivity index (χ4v) is 3.80.